The number of para-hydroxylation sites is 1. The van der Waals surface area contributed by atoms with E-state index in [0.717, 1.165) is 12.5 Å². The molecule has 0 unspecified atom stereocenters. The van der Waals surface area contributed by atoms with Gasteiger partial charge in [0.05, 0.1) is 0 Å². The minimum absolute atomic E-state index is 0.886. The Morgan fingerprint density at radius 1 is 1.22 bits per heavy atom. The van der Waals surface area contributed by atoms with E-state index in [4.69, 9.17) is 0 Å². The summed E-state index contributed by atoms with van der Waals surface area (Å²) < 4.78 is 2.53. The SMILES string of the molecule is CNCc1cc2ccccc2n1CC1CCCC1. The van der Waals surface area contributed by atoms with E-state index in [1.165, 1.54) is 48.8 Å². The molecular weight excluding hydrogens is 220 g/mol. The number of nitrogens with one attached hydrogen (secondary N) is 1. The van der Waals surface area contributed by atoms with Crippen molar-refractivity contribution >= 4 is 10.9 Å². The molecule has 2 nitrogen and oxygen atoms in total. The van der Waals surface area contributed by atoms with Gasteiger partial charge >= 0.3 is 0 Å². The molecular formula is C16H22N2. The highest BCUT2D eigenvalue weighted by Gasteiger charge is 2.17. The molecule has 2 heteroatoms. The Morgan fingerprint density at radius 3 is 2.78 bits per heavy atom. The maximum Gasteiger partial charge on any atom is 0.0483 e. The van der Waals surface area contributed by atoms with Gasteiger partial charge in [0.2, 0.25) is 0 Å². The van der Waals surface area contributed by atoms with Gasteiger partial charge < -0.3 is 9.88 Å². The van der Waals surface area contributed by atoms with E-state index in [-0.39, 0.29) is 0 Å². The first kappa shape index (κ1) is 11.8. The van der Waals surface area contributed by atoms with Crippen molar-refractivity contribution in [3.8, 4) is 0 Å². The molecule has 1 heterocycles. The maximum atomic E-state index is 3.29. The number of rotatable bonds is 4. The fraction of sp³-hybridized carbons (Fsp3) is 0.500. The molecule has 96 valence electrons. The third-order valence-corrected chi connectivity index (χ3v) is 4.17. The lowest BCUT2D eigenvalue weighted by Gasteiger charge is -2.15. The third-order valence-electron chi connectivity index (χ3n) is 4.17. The summed E-state index contributed by atoms with van der Waals surface area (Å²) in [5, 5.41) is 4.67. The quantitative estimate of drug-likeness (QED) is 0.867. The normalized spacial score (nSPS) is 16.7. The molecule has 0 amide bonds. The van der Waals surface area contributed by atoms with Gasteiger partial charge in [0, 0.05) is 24.3 Å². The van der Waals surface area contributed by atoms with Crippen LogP contribution in [0.4, 0.5) is 0 Å². The van der Waals surface area contributed by atoms with Gasteiger partial charge in [0.25, 0.3) is 0 Å². The molecule has 0 aliphatic heterocycles. The number of nitrogens with zero attached hydrogens (tertiary/aromatic N) is 1. The van der Waals surface area contributed by atoms with Gasteiger partial charge in [-0.1, -0.05) is 31.0 Å². The molecule has 0 saturated heterocycles. The highest BCUT2D eigenvalue weighted by molar-refractivity contribution is 5.81. The predicted octanol–water partition coefficient (Wildman–Crippen LogP) is 3.55. The number of benzene rings is 1. The Kier molecular flexibility index (Phi) is 3.37. The van der Waals surface area contributed by atoms with E-state index in [1.54, 1.807) is 0 Å². The Bertz CT molecular complexity index is 521. The lowest BCUT2D eigenvalue weighted by molar-refractivity contribution is 0.455. The van der Waals surface area contributed by atoms with E-state index in [1.807, 2.05) is 7.05 Å². The first-order valence-electron chi connectivity index (χ1n) is 7.10. The van der Waals surface area contributed by atoms with Crippen LogP contribution >= 0.6 is 0 Å². The summed E-state index contributed by atoms with van der Waals surface area (Å²) in [4.78, 5) is 0. The van der Waals surface area contributed by atoms with Crippen LogP contribution in [-0.4, -0.2) is 11.6 Å². The molecule has 1 saturated carbocycles. The number of hydrogen-bond donors (Lipinski definition) is 1. The molecule has 1 aliphatic rings. The lowest BCUT2D eigenvalue weighted by atomic mass is 10.1. The van der Waals surface area contributed by atoms with Crippen LogP contribution in [0.3, 0.4) is 0 Å². The summed E-state index contributed by atoms with van der Waals surface area (Å²) in [5.41, 5.74) is 2.82. The highest BCUT2D eigenvalue weighted by atomic mass is 15.0. The average molecular weight is 242 g/mol. The smallest absolute Gasteiger partial charge is 0.0483 e. The van der Waals surface area contributed by atoms with Crippen LogP contribution in [0.25, 0.3) is 10.9 Å². The van der Waals surface area contributed by atoms with Crippen molar-refractivity contribution in [2.45, 2.75) is 38.8 Å². The molecule has 0 bridgehead atoms. The lowest BCUT2D eigenvalue weighted by Crippen LogP contribution is -2.14. The van der Waals surface area contributed by atoms with Gasteiger partial charge in [0.15, 0.2) is 0 Å². The van der Waals surface area contributed by atoms with Crippen molar-refractivity contribution in [2.24, 2.45) is 5.92 Å². The minimum atomic E-state index is 0.886. The molecule has 0 atom stereocenters. The summed E-state index contributed by atoms with van der Waals surface area (Å²) in [7, 11) is 2.03. The molecule has 1 aromatic heterocycles. The van der Waals surface area contributed by atoms with Crippen LogP contribution < -0.4 is 5.32 Å². The van der Waals surface area contributed by atoms with Crippen LogP contribution in [-0.2, 0) is 13.1 Å². The zero-order chi connectivity index (χ0) is 12.4. The summed E-state index contributed by atoms with van der Waals surface area (Å²) >= 11 is 0. The molecule has 1 aliphatic carbocycles. The Labute approximate surface area is 109 Å². The summed E-state index contributed by atoms with van der Waals surface area (Å²) in [6, 6.07) is 11.1. The van der Waals surface area contributed by atoms with Crippen LogP contribution in [0, 0.1) is 5.92 Å². The van der Waals surface area contributed by atoms with Crippen molar-refractivity contribution in [2.75, 3.05) is 7.05 Å². The number of aromatic nitrogens is 1. The standard InChI is InChI=1S/C16H22N2/c1-17-11-15-10-14-8-4-5-9-16(14)18(15)12-13-6-2-3-7-13/h4-5,8-10,13,17H,2-3,6-7,11-12H2,1H3. The second kappa shape index (κ2) is 5.15. The van der Waals surface area contributed by atoms with Crippen molar-refractivity contribution in [3.63, 3.8) is 0 Å². The highest BCUT2D eigenvalue weighted by Crippen LogP contribution is 2.29. The fourth-order valence-corrected chi connectivity index (χ4v) is 3.26. The molecule has 2 aromatic rings. The first-order chi connectivity index (χ1) is 8.88. The van der Waals surface area contributed by atoms with Gasteiger partial charge in [-0.15, -0.1) is 0 Å². The topological polar surface area (TPSA) is 17.0 Å². The molecule has 1 aromatic carbocycles. The van der Waals surface area contributed by atoms with Crippen molar-refractivity contribution < 1.29 is 0 Å². The third kappa shape index (κ3) is 2.17. The van der Waals surface area contributed by atoms with Crippen LogP contribution in [0.1, 0.15) is 31.4 Å². The number of hydrogen-bond acceptors (Lipinski definition) is 1. The predicted molar refractivity (Wildman–Crippen MR) is 76.7 cm³/mol. The Morgan fingerprint density at radius 2 is 2.00 bits per heavy atom. The Balaban J connectivity index is 1.97. The van der Waals surface area contributed by atoms with Crippen LogP contribution in [0.15, 0.2) is 30.3 Å². The van der Waals surface area contributed by atoms with Gasteiger partial charge in [0.1, 0.15) is 0 Å². The first-order valence-corrected chi connectivity index (χ1v) is 7.10. The van der Waals surface area contributed by atoms with Crippen LogP contribution in [0.5, 0.6) is 0 Å². The van der Waals surface area contributed by atoms with Gasteiger partial charge in [-0.3, -0.25) is 0 Å². The molecule has 3 rings (SSSR count). The van der Waals surface area contributed by atoms with Crippen molar-refractivity contribution in [3.05, 3.63) is 36.0 Å². The van der Waals surface area contributed by atoms with E-state index < -0.39 is 0 Å². The minimum Gasteiger partial charge on any atom is -0.343 e. The second-order valence-corrected chi connectivity index (χ2v) is 5.49. The van der Waals surface area contributed by atoms with Crippen LogP contribution in [0.2, 0.25) is 0 Å². The van der Waals surface area contributed by atoms with Gasteiger partial charge in [-0.2, -0.15) is 0 Å². The Hall–Kier alpha value is -1.28. The summed E-state index contributed by atoms with van der Waals surface area (Å²) in [5.74, 6) is 0.886. The molecule has 1 N–H and O–H groups in total. The van der Waals surface area contributed by atoms with E-state index in [9.17, 15) is 0 Å². The molecule has 1 fully saturated rings. The van der Waals surface area contributed by atoms with E-state index in [2.05, 4.69) is 40.2 Å². The zero-order valence-electron chi connectivity index (χ0n) is 11.2. The van der Waals surface area contributed by atoms with Crippen molar-refractivity contribution in [1.82, 2.24) is 9.88 Å². The van der Waals surface area contributed by atoms with E-state index in [0.29, 0.717) is 0 Å². The maximum absolute atomic E-state index is 3.29. The zero-order valence-corrected chi connectivity index (χ0v) is 11.2. The molecule has 18 heavy (non-hydrogen) atoms. The van der Waals surface area contributed by atoms with Crippen molar-refractivity contribution in [1.29, 1.82) is 0 Å². The van der Waals surface area contributed by atoms with Gasteiger partial charge in [-0.25, -0.2) is 0 Å². The molecule has 0 radical (unpaired) electrons. The van der Waals surface area contributed by atoms with E-state index >= 15 is 0 Å². The number of fused-ring (bicyclic) bond motifs is 1. The fourth-order valence-electron chi connectivity index (χ4n) is 3.26. The largest absolute Gasteiger partial charge is 0.343 e. The average Bonchev–Trinajstić information content (AvgIpc) is 3.00. The van der Waals surface area contributed by atoms with Gasteiger partial charge in [-0.05, 0) is 43.3 Å². The molecule has 0 spiro atoms. The monoisotopic (exact) mass is 242 g/mol. The second-order valence-electron chi connectivity index (χ2n) is 5.49. The summed E-state index contributed by atoms with van der Waals surface area (Å²) in [6.07, 6.45) is 5.66. The summed E-state index contributed by atoms with van der Waals surface area (Å²) in [6.45, 7) is 2.16.